The summed E-state index contributed by atoms with van der Waals surface area (Å²) in [6.45, 7) is 0. The molecular formula is C20H18N2O4. The molecule has 0 saturated carbocycles. The lowest BCUT2D eigenvalue weighted by molar-refractivity contribution is -0.129. The smallest absolute Gasteiger partial charge is 0.232 e. The second-order valence-corrected chi connectivity index (χ2v) is 6.60. The number of amides is 2. The van der Waals surface area contributed by atoms with Gasteiger partial charge in [0.2, 0.25) is 11.8 Å². The van der Waals surface area contributed by atoms with Gasteiger partial charge < -0.3 is 15.1 Å². The highest BCUT2D eigenvalue weighted by atomic mass is 16.3. The number of anilines is 1. The molecule has 2 aliphatic rings. The van der Waals surface area contributed by atoms with E-state index in [1.165, 1.54) is 0 Å². The highest BCUT2D eigenvalue weighted by molar-refractivity contribution is 6.09. The SMILES string of the molecule is O=C1C[C@H](C(=O)Nc2ccccc2)C2=C(C[C@H](c3ccco3)CC2=O)N1. The van der Waals surface area contributed by atoms with Gasteiger partial charge in [-0.15, -0.1) is 0 Å². The zero-order valence-corrected chi connectivity index (χ0v) is 14.0. The third-order valence-electron chi connectivity index (χ3n) is 4.84. The number of benzene rings is 1. The van der Waals surface area contributed by atoms with Crippen LogP contribution in [0.25, 0.3) is 0 Å². The van der Waals surface area contributed by atoms with Gasteiger partial charge in [-0.1, -0.05) is 18.2 Å². The number of allylic oxidation sites excluding steroid dienone is 1. The molecule has 2 heterocycles. The number of furan rings is 1. The lowest BCUT2D eigenvalue weighted by Crippen LogP contribution is -2.43. The molecule has 1 aromatic carbocycles. The number of Topliss-reactive ketones (excluding diaryl/α,β-unsaturated/α-hetero) is 1. The molecule has 0 bridgehead atoms. The molecule has 26 heavy (non-hydrogen) atoms. The summed E-state index contributed by atoms with van der Waals surface area (Å²) >= 11 is 0. The Morgan fingerprint density at radius 3 is 2.58 bits per heavy atom. The van der Waals surface area contributed by atoms with E-state index < -0.39 is 5.92 Å². The minimum atomic E-state index is -0.760. The monoisotopic (exact) mass is 350 g/mol. The van der Waals surface area contributed by atoms with Gasteiger partial charge in [0.05, 0.1) is 12.2 Å². The van der Waals surface area contributed by atoms with Crippen molar-refractivity contribution in [2.24, 2.45) is 5.92 Å². The summed E-state index contributed by atoms with van der Waals surface area (Å²) in [7, 11) is 0. The van der Waals surface area contributed by atoms with Gasteiger partial charge in [-0.2, -0.15) is 0 Å². The molecule has 1 aliphatic heterocycles. The van der Waals surface area contributed by atoms with Gasteiger partial charge in [-0.05, 0) is 30.7 Å². The van der Waals surface area contributed by atoms with E-state index in [-0.39, 0.29) is 36.4 Å². The van der Waals surface area contributed by atoms with Gasteiger partial charge in [0, 0.05) is 35.7 Å². The first-order valence-corrected chi connectivity index (χ1v) is 8.57. The van der Waals surface area contributed by atoms with Crippen LogP contribution in [0.4, 0.5) is 5.69 Å². The number of carbonyl (C=O) groups excluding carboxylic acids is 3. The van der Waals surface area contributed by atoms with Gasteiger partial charge in [-0.3, -0.25) is 14.4 Å². The van der Waals surface area contributed by atoms with Crippen molar-refractivity contribution in [2.75, 3.05) is 5.32 Å². The van der Waals surface area contributed by atoms with E-state index in [1.807, 2.05) is 24.3 Å². The predicted molar refractivity (Wildman–Crippen MR) is 94.0 cm³/mol. The van der Waals surface area contributed by atoms with Crippen LogP contribution in [0.1, 0.15) is 30.9 Å². The third kappa shape index (κ3) is 3.06. The Kier molecular flexibility index (Phi) is 4.16. The van der Waals surface area contributed by atoms with Crippen molar-refractivity contribution in [3.8, 4) is 0 Å². The third-order valence-corrected chi connectivity index (χ3v) is 4.84. The quantitative estimate of drug-likeness (QED) is 0.891. The van der Waals surface area contributed by atoms with Gasteiger partial charge in [-0.25, -0.2) is 0 Å². The molecule has 2 amide bonds. The van der Waals surface area contributed by atoms with E-state index in [9.17, 15) is 14.4 Å². The molecular weight excluding hydrogens is 332 g/mol. The Morgan fingerprint density at radius 2 is 1.85 bits per heavy atom. The number of nitrogens with one attached hydrogen (secondary N) is 2. The molecule has 1 aliphatic carbocycles. The number of ketones is 1. The molecule has 132 valence electrons. The van der Waals surface area contributed by atoms with Crippen LogP contribution in [0.2, 0.25) is 0 Å². The van der Waals surface area contributed by atoms with Crippen LogP contribution >= 0.6 is 0 Å². The normalized spacial score (nSPS) is 22.6. The van der Waals surface area contributed by atoms with Crippen molar-refractivity contribution >= 4 is 23.3 Å². The Balaban J connectivity index is 1.61. The van der Waals surface area contributed by atoms with Crippen molar-refractivity contribution < 1.29 is 18.8 Å². The zero-order chi connectivity index (χ0) is 18.1. The summed E-state index contributed by atoms with van der Waals surface area (Å²) in [6.07, 6.45) is 2.31. The molecule has 1 aromatic heterocycles. The second kappa shape index (κ2) is 6.63. The van der Waals surface area contributed by atoms with Gasteiger partial charge in [0.15, 0.2) is 5.78 Å². The van der Waals surface area contributed by atoms with Crippen LogP contribution in [0.15, 0.2) is 64.4 Å². The van der Waals surface area contributed by atoms with Gasteiger partial charge in [0.25, 0.3) is 0 Å². The lowest BCUT2D eigenvalue weighted by Gasteiger charge is -2.32. The maximum absolute atomic E-state index is 12.8. The van der Waals surface area contributed by atoms with Crippen LogP contribution < -0.4 is 10.6 Å². The van der Waals surface area contributed by atoms with Crippen molar-refractivity contribution in [1.29, 1.82) is 0 Å². The second-order valence-electron chi connectivity index (χ2n) is 6.60. The van der Waals surface area contributed by atoms with E-state index in [1.54, 1.807) is 24.5 Å². The Hall–Kier alpha value is -3.15. The summed E-state index contributed by atoms with van der Waals surface area (Å²) in [6, 6.07) is 12.6. The van der Waals surface area contributed by atoms with Crippen LogP contribution in [0.5, 0.6) is 0 Å². The minimum absolute atomic E-state index is 0.0192. The number of para-hydroxylation sites is 1. The van der Waals surface area contributed by atoms with E-state index in [4.69, 9.17) is 4.42 Å². The number of hydrogen-bond donors (Lipinski definition) is 2. The highest BCUT2D eigenvalue weighted by Crippen LogP contribution is 2.39. The lowest BCUT2D eigenvalue weighted by atomic mass is 9.76. The fourth-order valence-electron chi connectivity index (χ4n) is 3.66. The molecule has 6 heteroatoms. The predicted octanol–water partition coefficient (Wildman–Crippen LogP) is 2.76. The fourth-order valence-corrected chi connectivity index (χ4v) is 3.66. The van der Waals surface area contributed by atoms with Crippen LogP contribution in [0.3, 0.4) is 0 Å². The van der Waals surface area contributed by atoms with E-state index in [0.717, 1.165) is 5.76 Å². The minimum Gasteiger partial charge on any atom is -0.469 e. The van der Waals surface area contributed by atoms with Crippen molar-refractivity contribution in [2.45, 2.75) is 25.2 Å². The summed E-state index contributed by atoms with van der Waals surface area (Å²) in [4.78, 5) is 37.6. The molecule has 2 N–H and O–H groups in total. The van der Waals surface area contributed by atoms with Crippen LogP contribution in [-0.4, -0.2) is 17.6 Å². The van der Waals surface area contributed by atoms with Crippen molar-refractivity contribution in [1.82, 2.24) is 5.32 Å². The average Bonchev–Trinajstić information content (AvgIpc) is 3.16. The molecule has 0 fully saturated rings. The molecule has 2 atom stereocenters. The van der Waals surface area contributed by atoms with Gasteiger partial charge in [0.1, 0.15) is 5.76 Å². The molecule has 2 aromatic rings. The maximum atomic E-state index is 12.8. The maximum Gasteiger partial charge on any atom is 0.232 e. The Morgan fingerprint density at radius 1 is 1.04 bits per heavy atom. The first-order valence-electron chi connectivity index (χ1n) is 8.57. The molecule has 6 nitrogen and oxygen atoms in total. The van der Waals surface area contributed by atoms with Crippen molar-refractivity contribution in [3.63, 3.8) is 0 Å². The van der Waals surface area contributed by atoms with E-state index in [0.29, 0.717) is 23.4 Å². The molecule has 0 spiro atoms. The van der Waals surface area contributed by atoms with E-state index in [2.05, 4.69) is 10.6 Å². The summed E-state index contributed by atoms with van der Waals surface area (Å²) < 4.78 is 5.41. The zero-order valence-electron chi connectivity index (χ0n) is 14.0. The summed E-state index contributed by atoms with van der Waals surface area (Å²) in [5.74, 6) is -0.847. The Bertz CT molecular complexity index is 884. The van der Waals surface area contributed by atoms with Crippen molar-refractivity contribution in [3.05, 3.63) is 65.8 Å². The number of rotatable bonds is 3. The largest absolute Gasteiger partial charge is 0.469 e. The summed E-state index contributed by atoms with van der Waals surface area (Å²) in [5, 5.41) is 5.59. The highest BCUT2D eigenvalue weighted by Gasteiger charge is 2.41. The average molecular weight is 350 g/mol. The number of carbonyl (C=O) groups is 3. The summed E-state index contributed by atoms with van der Waals surface area (Å²) in [5.41, 5.74) is 1.62. The molecule has 0 saturated heterocycles. The molecule has 0 radical (unpaired) electrons. The topological polar surface area (TPSA) is 88.4 Å². The van der Waals surface area contributed by atoms with Crippen LogP contribution in [0, 0.1) is 5.92 Å². The Labute approximate surface area is 150 Å². The van der Waals surface area contributed by atoms with E-state index >= 15 is 0 Å². The first kappa shape index (κ1) is 16.3. The molecule has 0 unspecified atom stereocenters. The van der Waals surface area contributed by atoms with Crippen LogP contribution in [-0.2, 0) is 14.4 Å². The fraction of sp³-hybridized carbons (Fsp3) is 0.250. The number of hydrogen-bond acceptors (Lipinski definition) is 4. The standard InChI is InChI=1S/C20H18N2O4/c23-16-10-12(17-7-4-8-26-17)9-15-19(16)14(11-18(24)22-15)20(25)21-13-5-2-1-3-6-13/h1-8,12,14H,9-11H2,(H,21,25)(H,22,24)/t12-,14-/m0/s1. The molecule has 4 rings (SSSR count). The first-order chi connectivity index (χ1) is 12.6. The van der Waals surface area contributed by atoms with Gasteiger partial charge >= 0.3 is 0 Å².